The van der Waals surface area contributed by atoms with Gasteiger partial charge in [0.2, 0.25) is 0 Å². The summed E-state index contributed by atoms with van der Waals surface area (Å²) in [7, 11) is 0. The minimum atomic E-state index is -0.721. The molecule has 0 aliphatic heterocycles. The van der Waals surface area contributed by atoms with Gasteiger partial charge in [-0.15, -0.1) is 0 Å². The molecule has 2 rings (SSSR count). The van der Waals surface area contributed by atoms with Gasteiger partial charge in [-0.05, 0) is 42.7 Å². The van der Waals surface area contributed by atoms with Crippen LogP contribution in [0.25, 0.3) is 0 Å². The number of amides is 1. The molecule has 1 amide bonds. The zero-order valence-electron chi connectivity index (χ0n) is 14.2. The lowest BCUT2D eigenvalue weighted by atomic mass is 10.1. The minimum Gasteiger partial charge on any atom is -0.459 e. The number of carbonyl (C=O) groups excluding carboxylic acids is 2. The van der Waals surface area contributed by atoms with E-state index in [1.54, 1.807) is 54.2 Å². The van der Waals surface area contributed by atoms with E-state index < -0.39 is 12.0 Å². The number of hydrogen-bond acceptors (Lipinski definition) is 4. The quantitative estimate of drug-likeness (QED) is 0.645. The second-order valence-electron chi connectivity index (χ2n) is 5.52. The average Bonchev–Trinajstić information content (AvgIpc) is 2.64. The Bertz CT molecular complexity index is 756. The highest BCUT2D eigenvalue weighted by atomic mass is 35.5. The average molecular weight is 412 g/mol. The zero-order valence-corrected chi connectivity index (χ0v) is 16.5. The predicted octanol–water partition coefficient (Wildman–Crippen LogP) is 4.59. The van der Waals surface area contributed by atoms with Crippen molar-refractivity contribution in [1.29, 1.82) is 0 Å². The first-order valence-corrected chi connectivity index (χ1v) is 10.1. The monoisotopic (exact) mass is 411 g/mol. The van der Waals surface area contributed by atoms with Crippen LogP contribution in [0, 0.1) is 0 Å². The van der Waals surface area contributed by atoms with Crippen LogP contribution in [0.3, 0.4) is 0 Å². The first-order valence-electron chi connectivity index (χ1n) is 7.96. The summed E-state index contributed by atoms with van der Waals surface area (Å²) in [5, 5.41) is 3.69. The van der Waals surface area contributed by atoms with Gasteiger partial charge in [0.15, 0.2) is 0 Å². The fourth-order valence-corrected chi connectivity index (χ4v) is 3.14. The highest BCUT2D eigenvalue weighted by Gasteiger charge is 2.23. The number of hydrogen-bond donors (Lipinski definition) is 1. The van der Waals surface area contributed by atoms with E-state index >= 15 is 0 Å². The van der Waals surface area contributed by atoms with Crippen LogP contribution in [0.15, 0.2) is 48.5 Å². The second kappa shape index (κ2) is 10.5. The van der Waals surface area contributed by atoms with Gasteiger partial charge in [-0.3, -0.25) is 4.79 Å². The SMILES string of the molecule is CSCCC(NC(=O)c1ccccc1)C(=O)OCc1ccc(Cl)cc1Cl. The molecule has 2 aromatic rings. The van der Waals surface area contributed by atoms with E-state index in [9.17, 15) is 9.59 Å². The Labute approximate surface area is 167 Å². The van der Waals surface area contributed by atoms with Gasteiger partial charge < -0.3 is 10.1 Å². The van der Waals surface area contributed by atoms with Crippen LogP contribution in [0.2, 0.25) is 10.0 Å². The third-order valence-electron chi connectivity index (χ3n) is 3.62. The summed E-state index contributed by atoms with van der Waals surface area (Å²) in [6.45, 7) is 0.0197. The van der Waals surface area contributed by atoms with Gasteiger partial charge >= 0.3 is 5.97 Å². The largest absolute Gasteiger partial charge is 0.459 e. The molecular formula is C19H19Cl2NO3S. The van der Waals surface area contributed by atoms with Crippen LogP contribution in [-0.4, -0.2) is 29.9 Å². The Hall–Kier alpha value is -1.69. The molecule has 0 saturated heterocycles. The predicted molar refractivity (Wildman–Crippen MR) is 107 cm³/mol. The Morgan fingerprint density at radius 1 is 1.15 bits per heavy atom. The summed E-state index contributed by atoms with van der Waals surface area (Å²) in [6, 6.07) is 13.0. The summed E-state index contributed by atoms with van der Waals surface area (Å²) in [6.07, 6.45) is 2.42. The number of nitrogens with one attached hydrogen (secondary N) is 1. The molecule has 0 heterocycles. The van der Waals surface area contributed by atoms with Crippen molar-refractivity contribution in [2.24, 2.45) is 0 Å². The summed E-state index contributed by atoms with van der Waals surface area (Å²) in [5.74, 6) is -0.0798. The highest BCUT2D eigenvalue weighted by Crippen LogP contribution is 2.21. The van der Waals surface area contributed by atoms with Crippen LogP contribution in [0.5, 0.6) is 0 Å². The number of thioether (sulfide) groups is 1. The molecule has 0 aliphatic rings. The van der Waals surface area contributed by atoms with Gasteiger partial charge in [0, 0.05) is 21.2 Å². The molecule has 0 spiro atoms. The molecule has 1 atom stereocenters. The molecule has 0 aliphatic carbocycles. The summed E-state index contributed by atoms with van der Waals surface area (Å²) >= 11 is 13.5. The topological polar surface area (TPSA) is 55.4 Å². The molecular weight excluding hydrogens is 393 g/mol. The van der Waals surface area contributed by atoms with Crippen molar-refractivity contribution in [2.75, 3.05) is 12.0 Å². The first kappa shape index (κ1) is 20.6. The molecule has 0 radical (unpaired) electrons. The van der Waals surface area contributed by atoms with E-state index in [0.29, 0.717) is 27.6 Å². The molecule has 2 aromatic carbocycles. The number of carbonyl (C=O) groups is 2. The number of rotatable bonds is 8. The lowest BCUT2D eigenvalue weighted by Crippen LogP contribution is -2.42. The zero-order chi connectivity index (χ0) is 18.9. The molecule has 4 nitrogen and oxygen atoms in total. The minimum absolute atomic E-state index is 0.0197. The summed E-state index contributed by atoms with van der Waals surface area (Å²) in [4.78, 5) is 24.8. The summed E-state index contributed by atoms with van der Waals surface area (Å²) in [5.41, 5.74) is 1.15. The fourth-order valence-electron chi connectivity index (χ4n) is 2.20. The molecule has 0 saturated carbocycles. The van der Waals surface area contributed by atoms with Crippen molar-refractivity contribution < 1.29 is 14.3 Å². The molecule has 138 valence electrons. The molecule has 0 bridgehead atoms. The number of benzene rings is 2. The molecule has 0 fully saturated rings. The second-order valence-corrected chi connectivity index (χ2v) is 7.35. The Morgan fingerprint density at radius 3 is 2.54 bits per heavy atom. The molecule has 1 unspecified atom stereocenters. The van der Waals surface area contributed by atoms with Crippen LogP contribution < -0.4 is 5.32 Å². The van der Waals surface area contributed by atoms with Crippen LogP contribution in [0.1, 0.15) is 22.3 Å². The molecule has 7 heteroatoms. The van der Waals surface area contributed by atoms with Gasteiger partial charge in [0.25, 0.3) is 5.91 Å². The van der Waals surface area contributed by atoms with Gasteiger partial charge in [-0.1, -0.05) is 47.5 Å². The third kappa shape index (κ3) is 6.24. The van der Waals surface area contributed by atoms with Crippen molar-refractivity contribution >= 4 is 46.8 Å². The Balaban J connectivity index is 2.00. The van der Waals surface area contributed by atoms with Crippen LogP contribution in [0.4, 0.5) is 0 Å². The normalized spacial score (nSPS) is 11.7. The van der Waals surface area contributed by atoms with Crippen molar-refractivity contribution in [2.45, 2.75) is 19.1 Å². The maximum Gasteiger partial charge on any atom is 0.329 e. The highest BCUT2D eigenvalue weighted by molar-refractivity contribution is 7.98. The van der Waals surface area contributed by atoms with Crippen LogP contribution in [-0.2, 0) is 16.1 Å². The van der Waals surface area contributed by atoms with E-state index in [2.05, 4.69) is 5.32 Å². The number of ether oxygens (including phenoxy) is 1. The molecule has 1 N–H and O–H groups in total. The van der Waals surface area contributed by atoms with Gasteiger partial charge in [0.1, 0.15) is 12.6 Å². The molecule has 0 aromatic heterocycles. The van der Waals surface area contributed by atoms with E-state index in [1.807, 2.05) is 12.3 Å². The smallest absolute Gasteiger partial charge is 0.329 e. The van der Waals surface area contributed by atoms with Crippen molar-refractivity contribution in [1.82, 2.24) is 5.32 Å². The van der Waals surface area contributed by atoms with Crippen molar-refractivity contribution in [3.8, 4) is 0 Å². The Morgan fingerprint density at radius 2 is 1.88 bits per heavy atom. The summed E-state index contributed by atoms with van der Waals surface area (Å²) < 4.78 is 5.35. The Kier molecular flexibility index (Phi) is 8.29. The van der Waals surface area contributed by atoms with E-state index in [4.69, 9.17) is 27.9 Å². The maximum atomic E-state index is 12.5. The fraction of sp³-hybridized carbons (Fsp3) is 0.263. The first-order chi connectivity index (χ1) is 12.5. The van der Waals surface area contributed by atoms with Gasteiger partial charge in [0.05, 0.1) is 0 Å². The van der Waals surface area contributed by atoms with Crippen LogP contribution >= 0.6 is 35.0 Å². The lowest BCUT2D eigenvalue weighted by molar-refractivity contribution is -0.147. The van der Waals surface area contributed by atoms with E-state index in [0.717, 1.165) is 5.75 Å². The number of halogens is 2. The standard InChI is InChI=1S/C19H19Cl2NO3S/c1-26-10-9-17(22-18(23)13-5-3-2-4-6-13)19(24)25-12-14-7-8-15(20)11-16(14)21/h2-8,11,17H,9-10,12H2,1H3,(H,22,23). The number of esters is 1. The van der Waals surface area contributed by atoms with Gasteiger partial charge in [-0.25, -0.2) is 4.79 Å². The third-order valence-corrected chi connectivity index (χ3v) is 4.85. The van der Waals surface area contributed by atoms with Gasteiger partial charge in [-0.2, -0.15) is 11.8 Å². The van der Waals surface area contributed by atoms with E-state index in [-0.39, 0.29) is 12.5 Å². The lowest BCUT2D eigenvalue weighted by Gasteiger charge is -2.18. The van der Waals surface area contributed by atoms with Crippen molar-refractivity contribution in [3.63, 3.8) is 0 Å². The van der Waals surface area contributed by atoms with Crippen molar-refractivity contribution in [3.05, 3.63) is 69.7 Å². The van der Waals surface area contributed by atoms with E-state index in [1.165, 1.54) is 0 Å². The molecule has 26 heavy (non-hydrogen) atoms. The maximum absolute atomic E-state index is 12.5.